The zero-order valence-corrected chi connectivity index (χ0v) is 16.6. The molecule has 4 aromatic rings. The molecule has 31 heavy (non-hydrogen) atoms. The predicted molar refractivity (Wildman–Crippen MR) is 115 cm³/mol. The van der Waals surface area contributed by atoms with Gasteiger partial charge in [-0.15, -0.1) is 0 Å². The lowest BCUT2D eigenvalue weighted by Crippen LogP contribution is -2.04. The van der Waals surface area contributed by atoms with Crippen molar-refractivity contribution in [3.05, 3.63) is 94.9 Å². The number of nitrogens with zero attached hydrogens (tertiary/aromatic N) is 1. The molecule has 3 aromatic carbocycles. The van der Waals surface area contributed by atoms with E-state index in [9.17, 15) is 19.1 Å². The van der Waals surface area contributed by atoms with Crippen LogP contribution >= 0.6 is 0 Å². The van der Waals surface area contributed by atoms with Gasteiger partial charge in [0.2, 0.25) is 0 Å². The largest absolute Gasteiger partial charge is 0.505 e. The number of fused-ring (bicyclic) bond motifs is 1. The van der Waals surface area contributed by atoms with E-state index in [1.807, 2.05) is 6.07 Å². The Morgan fingerprint density at radius 2 is 1.81 bits per heavy atom. The van der Waals surface area contributed by atoms with Crippen molar-refractivity contribution < 1.29 is 23.8 Å². The Bertz CT molecular complexity index is 1300. The highest BCUT2D eigenvalue weighted by atomic mass is 19.1. The first-order valence-corrected chi connectivity index (χ1v) is 9.53. The third-order valence-electron chi connectivity index (χ3n) is 5.11. The lowest BCUT2D eigenvalue weighted by atomic mass is 9.92. The Morgan fingerprint density at radius 3 is 2.52 bits per heavy atom. The van der Waals surface area contributed by atoms with E-state index in [0.29, 0.717) is 28.5 Å². The van der Waals surface area contributed by atoms with E-state index in [1.165, 1.54) is 25.3 Å². The molecule has 0 saturated carbocycles. The first-order chi connectivity index (χ1) is 15.0. The third kappa shape index (κ3) is 3.88. The predicted octanol–water partition coefficient (Wildman–Crippen LogP) is 4.94. The second-order valence-corrected chi connectivity index (χ2v) is 7.06. The van der Waals surface area contributed by atoms with Crippen LogP contribution in [0.5, 0.6) is 5.75 Å². The molecular formula is C25H18FNO4. The lowest BCUT2D eigenvalue weighted by Gasteiger charge is -2.14. The summed E-state index contributed by atoms with van der Waals surface area (Å²) >= 11 is 0. The van der Waals surface area contributed by atoms with Crippen molar-refractivity contribution in [3.8, 4) is 16.9 Å². The fraction of sp³-hybridized carbons (Fsp3) is 0.0800. The van der Waals surface area contributed by atoms with Gasteiger partial charge in [-0.25, -0.2) is 9.18 Å². The second-order valence-electron chi connectivity index (χ2n) is 7.06. The molecule has 0 amide bonds. The van der Waals surface area contributed by atoms with E-state index in [1.54, 1.807) is 42.6 Å². The van der Waals surface area contributed by atoms with E-state index in [-0.39, 0.29) is 22.6 Å². The number of esters is 1. The number of phenolic OH excluding ortho intramolecular Hbond substituents is 1. The summed E-state index contributed by atoms with van der Waals surface area (Å²) in [5.41, 5.74) is 3.53. The number of phenols is 1. The summed E-state index contributed by atoms with van der Waals surface area (Å²) in [7, 11) is 1.23. The van der Waals surface area contributed by atoms with Crippen molar-refractivity contribution in [3.63, 3.8) is 0 Å². The molecule has 4 rings (SSSR count). The Labute approximate surface area is 177 Å². The number of benzene rings is 3. The number of hydrogen-bond acceptors (Lipinski definition) is 5. The molecule has 0 unspecified atom stereocenters. The molecule has 0 radical (unpaired) electrons. The van der Waals surface area contributed by atoms with Crippen LogP contribution in [0.4, 0.5) is 4.39 Å². The van der Waals surface area contributed by atoms with Crippen molar-refractivity contribution >= 4 is 23.2 Å². The molecule has 0 aliphatic rings. The number of carbonyl (C=O) groups excluding carboxylic acids is 2. The van der Waals surface area contributed by atoms with Gasteiger partial charge in [-0.1, -0.05) is 36.4 Å². The molecule has 154 valence electrons. The van der Waals surface area contributed by atoms with Gasteiger partial charge >= 0.3 is 5.97 Å². The summed E-state index contributed by atoms with van der Waals surface area (Å²) in [5.74, 6) is -1.31. The summed E-state index contributed by atoms with van der Waals surface area (Å²) < 4.78 is 18.0. The Hall–Kier alpha value is -4.06. The molecule has 0 fully saturated rings. The fourth-order valence-corrected chi connectivity index (χ4v) is 3.59. The van der Waals surface area contributed by atoms with Crippen LogP contribution in [0.25, 0.3) is 22.0 Å². The van der Waals surface area contributed by atoms with Crippen LogP contribution in [-0.4, -0.2) is 29.5 Å². The van der Waals surface area contributed by atoms with E-state index in [4.69, 9.17) is 4.74 Å². The van der Waals surface area contributed by atoms with E-state index >= 15 is 0 Å². The molecule has 0 aliphatic carbocycles. The van der Waals surface area contributed by atoms with Gasteiger partial charge in [-0.2, -0.15) is 0 Å². The Kier molecular flexibility index (Phi) is 5.45. The van der Waals surface area contributed by atoms with Crippen LogP contribution in [0.3, 0.4) is 0 Å². The van der Waals surface area contributed by atoms with Crippen LogP contribution in [0.15, 0.2) is 66.9 Å². The highest BCUT2D eigenvalue weighted by Gasteiger charge is 2.21. The van der Waals surface area contributed by atoms with Crippen LogP contribution in [-0.2, 0) is 11.2 Å². The number of ether oxygens (including phenoxy) is 1. The summed E-state index contributed by atoms with van der Waals surface area (Å²) in [6.45, 7) is 0. The van der Waals surface area contributed by atoms with E-state index < -0.39 is 5.97 Å². The minimum absolute atomic E-state index is 0.0375. The van der Waals surface area contributed by atoms with Crippen molar-refractivity contribution in [1.29, 1.82) is 0 Å². The number of hydrogen-bond donors (Lipinski definition) is 1. The number of methoxy groups -OCH3 is 1. The number of aromatic hydroxyl groups is 1. The summed E-state index contributed by atoms with van der Waals surface area (Å²) in [5, 5.41) is 11.3. The normalized spacial score (nSPS) is 10.8. The first kappa shape index (κ1) is 20.2. The minimum Gasteiger partial charge on any atom is -0.505 e. The number of rotatable bonds is 5. The molecule has 0 spiro atoms. The third-order valence-corrected chi connectivity index (χ3v) is 5.11. The second kappa shape index (κ2) is 8.36. The van der Waals surface area contributed by atoms with Gasteiger partial charge in [-0.05, 0) is 52.9 Å². The number of carbonyl (C=O) groups is 2. The fourth-order valence-electron chi connectivity index (χ4n) is 3.59. The molecular weight excluding hydrogens is 397 g/mol. The topological polar surface area (TPSA) is 76.5 Å². The Morgan fingerprint density at radius 1 is 1.06 bits per heavy atom. The summed E-state index contributed by atoms with van der Waals surface area (Å²) in [6, 6.07) is 16.5. The number of pyridine rings is 1. The standard InChI is InChI=1S/C25H18FNO4/c1-31-25(30)22-12-20(19-5-3-2-4-17(19)14-28)21-11-16(13-27-23(21)24(22)29)10-15-6-8-18(26)9-7-15/h2-9,11-14,29H,10H2,1H3. The van der Waals surface area contributed by atoms with Gasteiger partial charge in [0.25, 0.3) is 0 Å². The quantitative estimate of drug-likeness (QED) is 0.369. The Balaban J connectivity index is 1.95. The molecule has 0 bridgehead atoms. The van der Waals surface area contributed by atoms with Crippen LogP contribution in [0.2, 0.25) is 0 Å². The molecule has 1 heterocycles. The van der Waals surface area contributed by atoms with Crippen LogP contribution < -0.4 is 0 Å². The molecule has 1 aromatic heterocycles. The highest BCUT2D eigenvalue weighted by Crippen LogP contribution is 2.38. The van der Waals surface area contributed by atoms with Crippen LogP contribution in [0.1, 0.15) is 31.8 Å². The van der Waals surface area contributed by atoms with Gasteiger partial charge in [0, 0.05) is 17.1 Å². The summed E-state index contributed by atoms with van der Waals surface area (Å²) in [6.07, 6.45) is 2.83. The summed E-state index contributed by atoms with van der Waals surface area (Å²) in [4.78, 5) is 28.3. The maximum Gasteiger partial charge on any atom is 0.341 e. The van der Waals surface area contributed by atoms with Crippen LogP contribution in [0, 0.1) is 5.82 Å². The first-order valence-electron chi connectivity index (χ1n) is 9.53. The minimum atomic E-state index is -0.707. The van der Waals surface area contributed by atoms with Gasteiger partial charge in [0.15, 0.2) is 12.0 Å². The number of aromatic nitrogens is 1. The van der Waals surface area contributed by atoms with Gasteiger partial charge in [0.05, 0.1) is 7.11 Å². The smallest absolute Gasteiger partial charge is 0.341 e. The molecule has 5 nitrogen and oxygen atoms in total. The lowest BCUT2D eigenvalue weighted by molar-refractivity contribution is 0.0597. The maximum absolute atomic E-state index is 13.2. The van der Waals surface area contributed by atoms with Gasteiger partial charge in [0.1, 0.15) is 16.9 Å². The molecule has 0 saturated heterocycles. The molecule has 1 N–H and O–H groups in total. The van der Waals surface area contributed by atoms with E-state index in [0.717, 1.165) is 17.4 Å². The highest BCUT2D eigenvalue weighted by molar-refractivity contribution is 6.08. The molecule has 0 aliphatic heterocycles. The maximum atomic E-state index is 13.2. The average Bonchev–Trinajstić information content (AvgIpc) is 2.80. The monoisotopic (exact) mass is 415 g/mol. The van der Waals surface area contributed by atoms with Crippen molar-refractivity contribution in [2.24, 2.45) is 0 Å². The number of halogens is 1. The van der Waals surface area contributed by atoms with Gasteiger partial charge < -0.3 is 9.84 Å². The molecule has 6 heteroatoms. The zero-order chi connectivity index (χ0) is 22.0. The van der Waals surface area contributed by atoms with E-state index in [2.05, 4.69) is 4.98 Å². The van der Waals surface area contributed by atoms with Crippen molar-refractivity contribution in [1.82, 2.24) is 4.98 Å². The number of aldehydes is 1. The molecule has 0 atom stereocenters. The SMILES string of the molecule is COC(=O)c1cc(-c2ccccc2C=O)c2cc(Cc3ccc(F)cc3)cnc2c1O. The van der Waals surface area contributed by atoms with Crippen molar-refractivity contribution in [2.45, 2.75) is 6.42 Å². The average molecular weight is 415 g/mol. The van der Waals surface area contributed by atoms with Crippen molar-refractivity contribution in [2.75, 3.05) is 7.11 Å². The zero-order valence-electron chi connectivity index (χ0n) is 16.6. The van der Waals surface area contributed by atoms with Gasteiger partial charge in [-0.3, -0.25) is 9.78 Å².